The van der Waals surface area contributed by atoms with Crippen molar-refractivity contribution in [3.05, 3.63) is 52.8 Å². The number of ether oxygens (including phenoxy) is 2. The molecule has 158 valence electrons. The van der Waals surface area contributed by atoms with E-state index in [1.54, 1.807) is 27.6 Å². The van der Waals surface area contributed by atoms with Gasteiger partial charge in [0.15, 0.2) is 11.8 Å². The van der Waals surface area contributed by atoms with E-state index in [0.29, 0.717) is 19.6 Å². The molecule has 2 atom stereocenters. The number of benzene rings is 1. The number of esters is 1. The molecule has 2 aliphatic heterocycles. The van der Waals surface area contributed by atoms with Gasteiger partial charge in [0.25, 0.3) is 5.91 Å². The van der Waals surface area contributed by atoms with Gasteiger partial charge in [0.2, 0.25) is 5.91 Å². The molecule has 4 rings (SSSR count). The molecule has 1 aromatic carbocycles. The monoisotopic (exact) mass is 412 g/mol. The molecule has 1 fully saturated rings. The maximum absolute atomic E-state index is 13.4. The fourth-order valence-corrected chi connectivity index (χ4v) is 4.05. The van der Waals surface area contributed by atoms with Crippen molar-refractivity contribution < 1.29 is 23.9 Å². The third-order valence-corrected chi connectivity index (χ3v) is 5.74. The van der Waals surface area contributed by atoms with Gasteiger partial charge in [-0.2, -0.15) is 5.10 Å². The van der Waals surface area contributed by atoms with E-state index in [4.69, 9.17) is 9.47 Å². The molecule has 0 saturated carbocycles. The Hall–Kier alpha value is -3.20. The second-order valence-corrected chi connectivity index (χ2v) is 7.53. The Kier molecular flexibility index (Phi) is 5.29. The normalized spacial score (nSPS) is 21.4. The van der Waals surface area contributed by atoms with Gasteiger partial charge in [0, 0.05) is 13.6 Å². The third-order valence-electron chi connectivity index (χ3n) is 5.74. The van der Waals surface area contributed by atoms with Gasteiger partial charge in [-0.3, -0.25) is 14.3 Å². The molecule has 2 aromatic rings. The highest BCUT2D eigenvalue weighted by Crippen LogP contribution is 2.32. The molecule has 0 spiro atoms. The molecule has 30 heavy (non-hydrogen) atoms. The maximum atomic E-state index is 13.4. The average Bonchev–Trinajstić information content (AvgIpc) is 3.18. The second-order valence-electron chi connectivity index (χ2n) is 7.53. The molecule has 0 aliphatic carbocycles. The Balaban J connectivity index is 1.60. The number of morpholine rings is 1. The van der Waals surface area contributed by atoms with Crippen molar-refractivity contribution in [3.63, 3.8) is 0 Å². The minimum absolute atomic E-state index is 0.131. The van der Waals surface area contributed by atoms with E-state index in [0.717, 1.165) is 16.8 Å². The molecule has 0 bridgehead atoms. The lowest BCUT2D eigenvalue weighted by atomic mass is 9.93. The number of likely N-dealkylation sites (N-methyl/N-ethyl adjacent to an activating group) is 1. The van der Waals surface area contributed by atoms with Gasteiger partial charge in [-0.1, -0.05) is 24.3 Å². The van der Waals surface area contributed by atoms with E-state index < -0.39 is 18.1 Å². The number of rotatable bonds is 3. The van der Waals surface area contributed by atoms with E-state index in [1.807, 2.05) is 31.2 Å². The standard InChI is InChI=1S/C21H24N4O5/c1-13-6-4-5-7-15(13)18-19(30-12-17(26)23(18)2)20(27)24-8-9-25-14(11-24)10-16(22-25)21(28)29-3/h4-7,10,18-19H,8-9,11-12H2,1-3H3/t18-,19+/m1/s1. The van der Waals surface area contributed by atoms with Crippen LogP contribution in [0.3, 0.4) is 0 Å². The number of amides is 2. The topological polar surface area (TPSA) is 94.0 Å². The first-order chi connectivity index (χ1) is 14.4. The number of carbonyl (C=O) groups is 3. The summed E-state index contributed by atoms with van der Waals surface area (Å²) in [6, 6.07) is 8.83. The highest BCUT2D eigenvalue weighted by atomic mass is 16.5. The zero-order valence-electron chi connectivity index (χ0n) is 17.2. The molecule has 3 heterocycles. The molecular weight excluding hydrogens is 388 g/mol. The summed E-state index contributed by atoms with van der Waals surface area (Å²) in [6.07, 6.45) is -0.802. The number of nitrogens with zero attached hydrogens (tertiary/aromatic N) is 4. The van der Waals surface area contributed by atoms with Crippen LogP contribution in [0.1, 0.15) is 33.4 Å². The number of methoxy groups -OCH3 is 1. The van der Waals surface area contributed by atoms with Crippen molar-refractivity contribution >= 4 is 17.8 Å². The number of fused-ring (bicyclic) bond motifs is 1. The van der Waals surface area contributed by atoms with Gasteiger partial charge < -0.3 is 19.3 Å². The summed E-state index contributed by atoms with van der Waals surface area (Å²) < 4.78 is 12.2. The fourth-order valence-electron chi connectivity index (χ4n) is 4.05. The number of aromatic nitrogens is 2. The van der Waals surface area contributed by atoms with E-state index in [9.17, 15) is 14.4 Å². The zero-order valence-corrected chi connectivity index (χ0v) is 17.2. The summed E-state index contributed by atoms with van der Waals surface area (Å²) in [5, 5.41) is 4.24. The first-order valence-corrected chi connectivity index (χ1v) is 9.77. The van der Waals surface area contributed by atoms with Crippen LogP contribution in [0.4, 0.5) is 0 Å². The lowest BCUT2D eigenvalue weighted by Gasteiger charge is -2.41. The lowest BCUT2D eigenvalue weighted by molar-refractivity contribution is -0.168. The van der Waals surface area contributed by atoms with Gasteiger partial charge in [-0.25, -0.2) is 4.79 Å². The highest BCUT2D eigenvalue weighted by molar-refractivity contribution is 5.88. The van der Waals surface area contributed by atoms with E-state index in [1.165, 1.54) is 7.11 Å². The smallest absolute Gasteiger partial charge is 0.358 e. The molecule has 1 saturated heterocycles. The minimum Gasteiger partial charge on any atom is -0.464 e. The molecule has 0 N–H and O–H groups in total. The molecule has 9 nitrogen and oxygen atoms in total. The first kappa shape index (κ1) is 20.1. The number of hydrogen-bond donors (Lipinski definition) is 0. The van der Waals surface area contributed by atoms with Crippen molar-refractivity contribution in [3.8, 4) is 0 Å². The van der Waals surface area contributed by atoms with Crippen LogP contribution in [0, 0.1) is 6.92 Å². The molecule has 0 unspecified atom stereocenters. The predicted molar refractivity (Wildman–Crippen MR) is 105 cm³/mol. The van der Waals surface area contributed by atoms with Crippen molar-refractivity contribution in [1.29, 1.82) is 0 Å². The molecule has 1 aromatic heterocycles. The lowest BCUT2D eigenvalue weighted by Crippen LogP contribution is -2.55. The van der Waals surface area contributed by atoms with Crippen LogP contribution in [0.2, 0.25) is 0 Å². The van der Waals surface area contributed by atoms with Crippen LogP contribution in [-0.4, -0.2) is 70.8 Å². The number of hydrogen-bond acceptors (Lipinski definition) is 6. The van der Waals surface area contributed by atoms with Gasteiger partial charge in [-0.05, 0) is 24.1 Å². The molecule has 0 radical (unpaired) electrons. The van der Waals surface area contributed by atoms with Crippen LogP contribution < -0.4 is 0 Å². The van der Waals surface area contributed by atoms with Crippen LogP contribution >= 0.6 is 0 Å². The first-order valence-electron chi connectivity index (χ1n) is 9.77. The van der Waals surface area contributed by atoms with E-state index in [-0.39, 0.29) is 24.1 Å². The van der Waals surface area contributed by atoms with Gasteiger partial charge in [0.1, 0.15) is 6.61 Å². The Labute approximate surface area is 174 Å². The maximum Gasteiger partial charge on any atom is 0.358 e. The largest absolute Gasteiger partial charge is 0.464 e. The van der Waals surface area contributed by atoms with Crippen molar-refractivity contribution in [2.45, 2.75) is 32.2 Å². The second kappa shape index (κ2) is 7.91. The van der Waals surface area contributed by atoms with Gasteiger partial charge >= 0.3 is 5.97 Å². The van der Waals surface area contributed by atoms with Gasteiger partial charge in [-0.15, -0.1) is 0 Å². The third kappa shape index (κ3) is 3.45. The van der Waals surface area contributed by atoms with Gasteiger partial charge in [0.05, 0.1) is 31.9 Å². The Morgan fingerprint density at radius 3 is 2.73 bits per heavy atom. The Morgan fingerprint density at radius 1 is 1.23 bits per heavy atom. The fraction of sp³-hybridized carbons (Fsp3) is 0.429. The summed E-state index contributed by atoms with van der Waals surface area (Å²) in [5.41, 5.74) is 2.85. The van der Waals surface area contributed by atoms with Crippen molar-refractivity contribution in [1.82, 2.24) is 19.6 Å². The summed E-state index contributed by atoms with van der Waals surface area (Å²) in [5.74, 6) is -0.855. The summed E-state index contributed by atoms with van der Waals surface area (Å²) in [4.78, 5) is 40.8. The van der Waals surface area contributed by atoms with Crippen LogP contribution in [0.25, 0.3) is 0 Å². The molecule has 2 amide bonds. The Bertz CT molecular complexity index is 1000. The average molecular weight is 412 g/mol. The van der Waals surface area contributed by atoms with Crippen molar-refractivity contribution in [2.75, 3.05) is 27.3 Å². The van der Waals surface area contributed by atoms with Crippen LogP contribution in [0.15, 0.2) is 30.3 Å². The zero-order chi connectivity index (χ0) is 21.4. The van der Waals surface area contributed by atoms with Crippen molar-refractivity contribution in [2.24, 2.45) is 0 Å². The summed E-state index contributed by atoms with van der Waals surface area (Å²) >= 11 is 0. The highest BCUT2D eigenvalue weighted by Gasteiger charge is 2.43. The van der Waals surface area contributed by atoms with E-state index in [2.05, 4.69) is 5.10 Å². The molecule has 9 heteroatoms. The number of aryl methyl sites for hydroxylation is 1. The SMILES string of the molecule is COC(=O)c1cc2n(n1)CCN(C(=O)[C@H]1OCC(=O)N(C)[C@@H]1c1ccccc1C)C2. The summed E-state index contributed by atoms with van der Waals surface area (Å²) in [7, 11) is 3.01. The Morgan fingerprint density at radius 2 is 2.00 bits per heavy atom. The molecule has 2 aliphatic rings. The van der Waals surface area contributed by atoms with E-state index >= 15 is 0 Å². The predicted octanol–water partition coefficient (Wildman–Crippen LogP) is 0.919. The van der Waals surface area contributed by atoms with Crippen LogP contribution in [0.5, 0.6) is 0 Å². The minimum atomic E-state index is -0.802. The quantitative estimate of drug-likeness (QED) is 0.696. The molecular formula is C21H24N4O5. The summed E-state index contributed by atoms with van der Waals surface area (Å²) in [6.45, 7) is 3.03. The van der Waals surface area contributed by atoms with Crippen LogP contribution in [-0.2, 0) is 32.2 Å². The number of carbonyl (C=O) groups excluding carboxylic acids is 3.